The lowest BCUT2D eigenvalue weighted by molar-refractivity contribution is -0.152. The first-order chi connectivity index (χ1) is 9.24. The molecule has 0 saturated carbocycles. The summed E-state index contributed by atoms with van der Waals surface area (Å²) in [6.07, 6.45) is -3.58. The third kappa shape index (κ3) is 5.42. The summed E-state index contributed by atoms with van der Waals surface area (Å²) in [5, 5.41) is 0. The number of alkyl halides is 3. The lowest BCUT2D eigenvalue weighted by Crippen LogP contribution is -2.44. The van der Waals surface area contributed by atoms with Crippen molar-refractivity contribution in [3.63, 3.8) is 0 Å². The van der Waals surface area contributed by atoms with E-state index in [9.17, 15) is 13.2 Å². The molecule has 6 heteroatoms. The van der Waals surface area contributed by atoms with Crippen LogP contribution in [0.4, 0.5) is 13.2 Å². The molecule has 0 bridgehead atoms. The van der Waals surface area contributed by atoms with Gasteiger partial charge in [-0.1, -0.05) is 35.0 Å². The van der Waals surface area contributed by atoms with Crippen LogP contribution in [0.15, 0.2) is 28.7 Å². The second-order valence-corrected chi connectivity index (χ2v) is 5.86. The fraction of sp³-hybridized carbons (Fsp3) is 0.571. The summed E-state index contributed by atoms with van der Waals surface area (Å²) in [6.45, 7) is 3.03. The van der Waals surface area contributed by atoms with Gasteiger partial charge in [0.25, 0.3) is 0 Å². The van der Waals surface area contributed by atoms with Crippen LogP contribution in [0.5, 0.6) is 0 Å². The molecule has 0 aliphatic heterocycles. The Bertz CT molecular complexity index is 404. The summed E-state index contributed by atoms with van der Waals surface area (Å²) in [7, 11) is 0. The van der Waals surface area contributed by atoms with Gasteiger partial charge >= 0.3 is 6.18 Å². The molecular weight excluding hydrogens is 333 g/mol. The van der Waals surface area contributed by atoms with Crippen LogP contribution in [0.3, 0.4) is 0 Å². The largest absolute Gasteiger partial charge is 0.401 e. The van der Waals surface area contributed by atoms with Gasteiger partial charge in [-0.05, 0) is 37.6 Å². The number of hydrogen-bond donors (Lipinski definition) is 1. The van der Waals surface area contributed by atoms with Gasteiger partial charge in [-0.2, -0.15) is 13.2 Å². The number of benzene rings is 1. The predicted molar refractivity (Wildman–Crippen MR) is 78.5 cm³/mol. The first kappa shape index (κ1) is 17.5. The van der Waals surface area contributed by atoms with E-state index in [0.29, 0.717) is 13.0 Å². The molecular formula is C14H20BrF3N2. The van der Waals surface area contributed by atoms with Gasteiger partial charge in [0.15, 0.2) is 0 Å². The lowest BCUT2D eigenvalue weighted by Gasteiger charge is -2.35. The highest BCUT2D eigenvalue weighted by molar-refractivity contribution is 9.10. The van der Waals surface area contributed by atoms with Gasteiger partial charge in [0.2, 0.25) is 0 Å². The van der Waals surface area contributed by atoms with E-state index < -0.39 is 18.8 Å². The smallest absolute Gasteiger partial charge is 0.326 e. The quantitative estimate of drug-likeness (QED) is 0.834. The van der Waals surface area contributed by atoms with Crippen LogP contribution >= 0.6 is 15.9 Å². The van der Waals surface area contributed by atoms with E-state index in [0.717, 1.165) is 10.0 Å². The second-order valence-electron chi connectivity index (χ2n) is 4.94. The molecule has 0 aliphatic rings. The van der Waals surface area contributed by atoms with Gasteiger partial charge < -0.3 is 5.73 Å². The molecule has 114 valence electrons. The van der Waals surface area contributed by atoms with E-state index in [1.807, 2.05) is 31.2 Å². The van der Waals surface area contributed by atoms with Crippen LogP contribution in [0, 0.1) is 0 Å². The molecule has 1 aromatic carbocycles. The Labute approximate surface area is 126 Å². The van der Waals surface area contributed by atoms with E-state index in [-0.39, 0.29) is 6.04 Å². The van der Waals surface area contributed by atoms with Crippen molar-refractivity contribution < 1.29 is 13.2 Å². The number of halogens is 4. The monoisotopic (exact) mass is 352 g/mol. The van der Waals surface area contributed by atoms with Gasteiger partial charge in [0, 0.05) is 16.6 Å². The van der Waals surface area contributed by atoms with Gasteiger partial charge in [0.1, 0.15) is 0 Å². The first-order valence-corrected chi connectivity index (χ1v) is 7.35. The van der Waals surface area contributed by atoms with Crippen molar-refractivity contribution in [1.29, 1.82) is 0 Å². The van der Waals surface area contributed by atoms with E-state index in [1.54, 1.807) is 6.92 Å². The van der Waals surface area contributed by atoms with Crippen molar-refractivity contribution in [1.82, 2.24) is 4.90 Å². The summed E-state index contributed by atoms with van der Waals surface area (Å²) in [4.78, 5) is 1.41. The SMILES string of the molecule is CCCN(CC(F)(F)F)C(c1ccc(Br)cc1)C(C)N. The maximum atomic E-state index is 12.7. The molecule has 0 aliphatic carbocycles. The fourth-order valence-electron chi connectivity index (χ4n) is 2.34. The van der Waals surface area contributed by atoms with Crippen LogP contribution < -0.4 is 5.73 Å². The number of rotatable bonds is 6. The second kappa shape index (κ2) is 7.43. The van der Waals surface area contributed by atoms with E-state index in [4.69, 9.17) is 5.73 Å². The zero-order chi connectivity index (χ0) is 15.3. The average Bonchev–Trinajstić information content (AvgIpc) is 2.29. The Kier molecular flexibility index (Phi) is 6.48. The molecule has 2 nitrogen and oxygen atoms in total. The minimum atomic E-state index is -4.22. The van der Waals surface area contributed by atoms with Crippen LogP contribution in [0.25, 0.3) is 0 Å². The summed E-state index contributed by atoms with van der Waals surface area (Å²) in [6, 6.07) is 6.45. The maximum absolute atomic E-state index is 12.7. The first-order valence-electron chi connectivity index (χ1n) is 6.56. The minimum absolute atomic E-state index is 0.363. The summed E-state index contributed by atoms with van der Waals surface area (Å²) in [5.41, 5.74) is 6.74. The van der Waals surface area contributed by atoms with Crippen molar-refractivity contribution in [2.24, 2.45) is 5.73 Å². The molecule has 1 aromatic rings. The molecule has 0 amide bonds. The molecule has 0 spiro atoms. The number of hydrogen-bond acceptors (Lipinski definition) is 2. The number of nitrogens with zero attached hydrogens (tertiary/aromatic N) is 1. The van der Waals surface area contributed by atoms with Crippen molar-refractivity contribution in [3.8, 4) is 0 Å². The summed E-state index contributed by atoms with van der Waals surface area (Å²) >= 11 is 3.32. The highest BCUT2D eigenvalue weighted by Gasteiger charge is 2.35. The maximum Gasteiger partial charge on any atom is 0.401 e. The van der Waals surface area contributed by atoms with Crippen LogP contribution in [0.1, 0.15) is 31.9 Å². The lowest BCUT2D eigenvalue weighted by atomic mass is 9.99. The highest BCUT2D eigenvalue weighted by Crippen LogP contribution is 2.28. The van der Waals surface area contributed by atoms with Crippen molar-refractivity contribution in [2.75, 3.05) is 13.1 Å². The van der Waals surface area contributed by atoms with Gasteiger partial charge in [-0.25, -0.2) is 0 Å². The van der Waals surface area contributed by atoms with Gasteiger partial charge in [0.05, 0.1) is 6.54 Å². The molecule has 0 saturated heterocycles. The molecule has 2 unspecified atom stereocenters. The molecule has 0 heterocycles. The molecule has 2 N–H and O–H groups in total. The predicted octanol–water partition coefficient (Wildman–Crippen LogP) is 4.11. The zero-order valence-electron chi connectivity index (χ0n) is 11.6. The van der Waals surface area contributed by atoms with Crippen molar-refractivity contribution >= 4 is 15.9 Å². The van der Waals surface area contributed by atoms with Crippen LogP contribution in [-0.4, -0.2) is 30.2 Å². The van der Waals surface area contributed by atoms with Crippen molar-refractivity contribution in [2.45, 2.75) is 38.5 Å². The minimum Gasteiger partial charge on any atom is -0.326 e. The Hall–Kier alpha value is -0.590. The molecule has 20 heavy (non-hydrogen) atoms. The summed E-state index contributed by atoms with van der Waals surface area (Å²) < 4.78 is 39.1. The van der Waals surface area contributed by atoms with Gasteiger partial charge in [-0.3, -0.25) is 4.90 Å². The third-order valence-corrected chi connectivity index (χ3v) is 3.52. The molecule has 1 rings (SSSR count). The van der Waals surface area contributed by atoms with E-state index >= 15 is 0 Å². The Morgan fingerprint density at radius 3 is 2.20 bits per heavy atom. The molecule has 0 aromatic heterocycles. The Morgan fingerprint density at radius 1 is 1.25 bits per heavy atom. The van der Waals surface area contributed by atoms with Gasteiger partial charge in [-0.15, -0.1) is 0 Å². The normalized spacial score (nSPS) is 15.4. The summed E-state index contributed by atoms with van der Waals surface area (Å²) in [5.74, 6) is 0. The third-order valence-electron chi connectivity index (χ3n) is 3.00. The molecule has 0 radical (unpaired) electrons. The Balaban J connectivity index is 3.04. The van der Waals surface area contributed by atoms with Crippen LogP contribution in [-0.2, 0) is 0 Å². The molecule has 0 fully saturated rings. The van der Waals surface area contributed by atoms with Crippen LogP contribution in [0.2, 0.25) is 0 Å². The molecule has 2 atom stereocenters. The number of nitrogens with two attached hydrogens (primary N) is 1. The topological polar surface area (TPSA) is 29.3 Å². The highest BCUT2D eigenvalue weighted by atomic mass is 79.9. The van der Waals surface area contributed by atoms with Crippen molar-refractivity contribution in [3.05, 3.63) is 34.3 Å². The fourth-order valence-corrected chi connectivity index (χ4v) is 2.61. The standard InChI is InChI=1S/C14H20BrF3N2/c1-3-8-20(9-14(16,17)18)13(10(2)19)11-4-6-12(15)7-5-11/h4-7,10,13H,3,8-9,19H2,1-2H3. The van der Waals surface area contributed by atoms with E-state index in [2.05, 4.69) is 15.9 Å². The zero-order valence-corrected chi connectivity index (χ0v) is 13.2. The average molecular weight is 353 g/mol. The van der Waals surface area contributed by atoms with E-state index in [1.165, 1.54) is 4.90 Å². The Morgan fingerprint density at radius 2 is 1.80 bits per heavy atom.